The van der Waals surface area contributed by atoms with Crippen LogP contribution in [0.5, 0.6) is 0 Å². The molecule has 0 atom stereocenters. The molecule has 0 amide bonds. The van der Waals surface area contributed by atoms with Gasteiger partial charge < -0.3 is 24.8 Å². The van der Waals surface area contributed by atoms with Crippen molar-refractivity contribution >= 4 is 0 Å². The van der Waals surface area contributed by atoms with Crippen molar-refractivity contribution in [1.82, 2.24) is 0 Å². The van der Waals surface area contributed by atoms with Gasteiger partial charge in [0.05, 0.1) is 0 Å². The van der Waals surface area contributed by atoms with Crippen molar-refractivity contribution in [1.29, 1.82) is 0 Å². The maximum atomic E-state index is 2.40. The normalized spacial score (nSPS) is 14.0. The third-order valence-electron chi connectivity index (χ3n) is 1.52. The number of hydrogen-bond acceptors (Lipinski definition) is 0. The fourth-order valence-corrected chi connectivity index (χ4v) is 4.26. The summed E-state index contributed by atoms with van der Waals surface area (Å²) < 4.78 is 2.75. The average molecular weight is 284 g/mol. The van der Waals surface area contributed by atoms with Crippen LogP contribution in [0.25, 0.3) is 0 Å². The van der Waals surface area contributed by atoms with E-state index in [4.69, 9.17) is 0 Å². The molecule has 0 aromatic heterocycles. The van der Waals surface area contributed by atoms with E-state index in [0.29, 0.717) is 0 Å². The Kier molecular flexibility index (Phi) is 9.45. The van der Waals surface area contributed by atoms with Gasteiger partial charge >= 0.3 is 75.1 Å². The van der Waals surface area contributed by atoms with Crippen molar-refractivity contribution in [2.75, 3.05) is 0 Å². The molecule has 0 N–H and O–H groups in total. The van der Waals surface area contributed by atoms with E-state index < -0.39 is 0 Å². The van der Waals surface area contributed by atoms with Gasteiger partial charge in [-0.05, 0) is 0 Å². The second-order valence-corrected chi connectivity index (χ2v) is 8.25. The van der Waals surface area contributed by atoms with Gasteiger partial charge in [0.15, 0.2) is 0 Å². The molecule has 0 saturated carbocycles. The molecule has 0 nitrogen and oxygen atoms in total. The number of hydrogen-bond donors (Lipinski definition) is 0. The quantitative estimate of drug-likeness (QED) is 0.512. The summed E-state index contributed by atoms with van der Waals surface area (Å²) in [6.07, 6.45) is 6.01. The van der Waals surface area contributed by atoms with Crippen LogP contribution in [0, 0.1) is 0 Å². The van der Waals surface area contributed by atoms with Crippen LogP contribution >= 0.6 is 0 Å². The van der Waals surface area contributed by atoms with Gasteiger partial charge in [-0.25, -0.2) is 0 Å². The Balaban J connectivity index is 0. The molecule has 68 valence electrons. The van der Waals surface area contributed by atoms with Crippen LogP contribution in [0.3, 0.4) is 0 Å². The van der Waals surface area contributed by atoms with Gasteiger partial charge in [0.1, 0.15) is 0 Å². The summed E-state index contributed by atoms with van der Waals surface area (Å²) in [7, 11) is 0. The molecule has 0 unspecified atom stereocenters. The van der Waals surface area contributed by atoms with Crippen LogP contribution in [0.4, 0.5) is 0 Å². The van der Waals surface area contributed by atoms with E-state index in [1.807, 2.05) is 0 Å². The molecule has 0 saturated heterocycles. The molecule has 0 aromatic rings. The van der Waals surface area contributed by atoms with Crippen LogP contribution in [0.2, 0.25) is 3.63 Å². The third kappa shape index (κ3) is 5.57. The van der Waals surface area contributed by atoms with E-state index in [0.717, 1.165) is 3.63 Å². The summed E-state index contributed by atoms with van der Waals surface area (Å²) in [6.45, 7) is 6.90. The average Bonchev–Trinajstić information content (AvgIpc) is 2.13. The summed E-state index contributed by atoms with van der Waals surface area (Å²) in [5.41, 5.74) is 1.48. The minimum Gasteiger partial charge on any atom is -1.00 e. The van der Waals surface area contributed by atoms with Gasteiger partial charge in [-0.15, -0.1) is 0 Å². The molecular weight excluding hydrogens is 270 g/mol. The van der Waals surface area contributed by atoms with Crippen molar-refractivity contribution in [3.63, 3.8) is 0 Å². The summed E-state index contributed by atoms with van der Waals surface area (Å²) in [5, 5.41) is 0. The maximum Gasteiger partial charge on any atom is -1.00 e. The first-order valence-electron chi connectivity index (χ1n) is 3.82. The summed E-state index contributed by atoms with van der Waals surface area (Å²) in [4.78, 5) is 0. The molecule has 1 aliphatic carbocycles. The Morgan fingerprint density at radius 1 is 1.33 bits per heavy atom. The number of allylic oxidation sites excluding steroid dienone is 4. The topological polar surface area (TPSA) is 0 Å². The zero-order valence-electron chi connectivity index (χ0n) is 7.70. The fraction of sp³-hybridized carbons (Fsp3) is 0.556. The van der Waals surface area contributed by atoms with E-state index in [1.54, 1.807) is 3.28 Å². The van der Waals surface area contributed by atoms with Crippen LogP contribution in [0.1, 0.15) is 27.2 Å². The van der Waals surface area contributed by atoms with Crippen LogP contribution in [-0.2, 0) is 23.2 Å². The van der Waals surface area contributed by atoms with Crippen LogP contribution in [-0.4, -0.2) is 0 Å². The summed E-state index contributed by atoms with van der Waals surface area (Å²) >= 11 is -0.163. The Morgan fingerprint density at radius 2 is 1.92 bits per heavy atom. The van der Waals surface area contributed by atoms with Gasteiger partial charge in [0.25, 0.3) is 0 Å². The minimum atomic E-state index is -0.163. The molecule has 0 spiro atoms. The monoisotopic (exact) mass is 282 g/mol. The van der Waals surface area contributed by atoms with Crippen LogP contribution in [0.15, 0.2) is 21.0 Å². The van der Waals surface area contributed by atoms with Crippen molar-refractivity contribution in [2.24, 2.45) is 0 Å². The van der Waals surface area contributed by atoms with Crippen molar-refractivity contribution < 1.29 is 48.0 Å². The zero-order valence-corrected chi connectivity index (χ0v) is 11.7. The molecule has 0 bridgehead atoms. The molecule has 0 radical (unpaired) electrons. The first-order chi connectivity index (χ1) is 4.68. The van der Waals surface area contributed by atoms with Crippen molar-refractivity contribution in [2.45, 2.75) is 30.8 Å². The minimum absolute atomic E-state index is 0. The molecule has 0 aromatic carbocycles. The molecular formula is C9H14Cl2Zr. The zero-order chi connectivity index (χ0) is 7.56. The second-order valence-electron chi connectivity index (χ2n) is 3.12. The fourth-order valence-electron chi connectivity index (χ4n) is 1.14. The molecule has 3 heteroatoms. The van der Waals surface area contributed by atoms with Crippen molar-refractivity contribution in [3.8, 4) is 0 Å². The molecule has 12 heavy (non-hydrogen) atoms. The van der Waals surface area contributed by atoms with Crippen LogP contribution < -0.4 is 24.8 Å². The predicted octanol–water partition coefficient (Wildman–Crippen LogP) is -2.86. The first-order valence-corrected chi connectivity index (χ1v) is 6.47. The summed E-state index contributed by atoms with van der Waals surface area (Å²) in [5.74, 6) is 0. The molecule has 0 fully saturated rings. The van der Waals surface area contributed by atoms with Gasteiger partial charge in [-0.1, -0.05) is 0 Å². The Labute approximate surface area is 99.3 Å². The maximum absolute atomic E-state index is 2.40. The third-order valence-corrected chi connectivity index (χ3v) is 4.71. The predicted molar refractivity (Wildman–Crippen MR) is 41.6 cm³/mol. The molecule has 1 aliphatic rings. The Bertz CT molecular complexity index is 183. The van der Waals surface area contributed by atoms with E-state index in [2.05, 4.69) is 32.9 Å². The summed E-state index contributed by atoms with van der Waals surface area (Å²) in [6, 6.07) is 0. The van der Waals surface area contributed by atoms with E-state index in [-0.39, 0.29) is 48.0 Å². The SMILES string of the molecule is CC1=CC[C]([Zr+2][CH](C)C)=C1.[Cl-].[Cl-]. The van der Waals surface area contributed by atoms with Gasteiger partial charge in [0, 0.05) is 0 Å². The van der Waals surface area contributed by atoms with E-state index >= 15 is 0 Å². The van der Waals surface area contributed by atoms with E-state index in [9.17, 15) is 0 Å². The standard InChI is InChI=1S/C6H7.C3H7.2ClH.Zr/c1-6-4-2-3-5-6;1-3-2;;;/h4-5H,2H2,1H3;3H,1-2H3;2*1H;/q;;;;+2/p-2. The Morgan fingerprint density at radius 3 is 2.25 bits per heavy atom. The smallest absolute Gasteiger partial charge is 1.00 e. The van der Waals surface area contributed by atoms with Gasteiger partial charge in [-0.2, -0.15) is 0 Å². The molecule has 0 aliphatic heterocycles. The number of rotatable bonds is 2. The first kappa shape index (κ1) is 15.4. The van der Waals surface area contributed by atoms with Gasteiger partial charge in [-0.3, -0.25) is 0 Å². The molecule has 0 heterocycles. The van der Waals surface area contributed by atoms with Crippen molar-refractivity contribution in [3.05, 3.63) is 21.0 Å². The van der Waals surface area contributed by atoms with E-state index in [1.165, 1.54) is 12.0 Å². The second kappa shape index (κ2) is 7.36. The molecule has 1 rings (SSSR count). The largest absolute Gasteiger partial charge is 1.00 e. The number of halogens is 2. The van der Waals surface area contributed by atoms with Gasteiger partial charge in [0.2, 0.25) is 0 Å². The Hall–Kier alpha value is 0.943.